The van der Waals surface area contributed by atoms with E-state index in [0.29, 0.717) is 15.6 Å². The first kappa shape index (κ1) is 23.0. The second kappa shape index (κ2) is 10.3. The third kappa shape index (κ3) is 7.61. The molecule has 150 valence electrons. The first-order valence-electron chi connectivity index (χ1n) is 8.50. The van der Waals surface area contributed by atoms with Crippen LogP contribution in [0.15, 0.2) is 18.2 Å². The highest BCUT2D eigenvalue weighted by atomic mass is 127. The number of benzene rings is 1. The summed E-state index contributed by atoms with van der Waals surface area (Å²) in [5.41, 5.74) is 0.296. The third-order valence-electron chi connectivity index (χ3n) is 3.48. The van der Waals surface area contributed by atoms with Gasteiger partial charge in [0, 0.05) is 0 Å². The van der Waals surface area contributed by atoms with Gasteiger partial charge in [0.05, 0.1) is 9.67 Å². The van der Waals surface area contributed by atoms with Crippen LogP contribution < -0.4 is 10.6 Å². The van der Waals surface area contributed by atoms with Gasteiger partial charge in [0.25, 0.3) is 0 Å². The molecule has 0 bridgehead atoms. The van der Waals surface area contributed by atoms with E-state index in [-0.39, 0.29) is 17.8 Å². The van der Waals surface area contributed by atoms with Crippen molar-refractivity contribution in [1.82, 2.24) is 10.6 Å². The van der Waals surface area contributed by atoms with E-state index >= 15 is 0 Å². The minimum atomic E-state index is -1.33. The molecule has 1 unspecified atom stereocenters. The van der Waals surface area contributed by atoms with Crippen molar-refractivity contribution in [3.63, 3.8) is 0 Å². The van der Waals surface area contributed by atoms with Crippen molar-refractivity contribution in [2.45, 2.75) is 52.3 Å². The topological polar surface area (TPSA) is 125 Å². The molecular formula is C18H25IN2O6. The number of aliphatic carboxylic acids is 1. The number of carbonyl (C=O) groups excluding carboxylic acids is 2. The van der Waals surface area contributed by atoms with Gasteiger partial charge in [-0.1, -0.05) is 19.9 Å². The summed E-state index contributed by atoms with van der Waals surface area (Å²) in [6, 6.07) is 1.22. The Morgan fingerprint density at radius 2 is 1.78 bits per heavy atom. The molecule has 8 nitrogen and oxygen atoms in total. The van der Waals surface area contributed by atoms with Crippen LogP contribution >= 0.6 is 22.6 Å². The van der Waals surface area contributed by atoms with Gasteiger partial charge in [-0.2, -0.15) is 0 Å². The molecule has 1 aromatic carbocycles. The predicted octanol–water partition coefficient (Wildman–Crippen LogP) is 2.79. The van der Waals surface area contributed by atoms with Crippen LogP contribution in [0.5, 0.6) is 5.75 Å². The Morgan fingerprint density at radius 3 is 2.26 bits per heavy atom. The molecule has 0 aromatic heterocycles. The summed E-state index contributed by atoms with van der Waals surface area (Å²) in [5, 5.41) is 23.9. The van der Waals surface area contributed by atoms with Gasteiger partial charge in [-0.05, 0) is 66.5 Å². The van der Waals surface area contributed by atoms with Crippen molar-refractivity contribution in [1.29, 1.82) is 0 Å². The fraction of sp³-hybridized carbons (Fsp3) is 0.500. The van der Waals surface area contributed by atoms with Crippen LogP contribution in [0.2, 0.25) is 0 Å². The summed E-state index contributed by atoms with van der Waals surface area (Å²) in [7, 11) is 0. The van der Waals surface area contributed by atoms with Crippen molar-refractivity contribution in [2.75, 3.05) is 0 Å². The number of hydrogen-bond acceptors (Lipinski definition) is 5. The first-order valence-corrected chi connectivity index (χ1v) is 9.57. The normalized spacial score (nSPS) is 13.1. The van der Waals surface area contributed by atoms with E-state index in [1.165, 1.54) is 18.2 Å². The predicted molar refractivity (Wildman–Crippen MR) is 107 cm³/mol. The SMILES string of the molecule is CC(C)C[C@H](NC(=O)NC(C(=O)O)c1ccc(O)c(I)c1)C(=O)OC(C)C. The zero-order chi connectivity index (χ0) is 20.7. The quantitative estimate of drug-likeness (QED) is 0.327. The zero-order valence-corrected chi connectivity index (χ0v) is 17.8. The third-order valence-corrected chi connectivity index (χ3v) is 4.34. The molecule has 0 fully saturated rings. The second-order valence-corrected chi connectivity index (χ2v) is 7.93. The summed E-state index contributed by atoms with van der Waals surface area (Å²) < 4.78 is 5.61. The molecule has 0 aliphatic heterocycles. The Bertz CT molecular complexity index is 692. The molecule has 27 heavy (non-hydrogen) atoms. The van der Waals surface area contributed by atoms with E-state index in [9.17, 15) is 24.6 Å². The molecule has 2 amide bonds. The maximum atomic E-state index is 12.3. The Balaban J connectivity index is 2.91. The van der Waals surface area contributed by atoms with Crippen LogP contribution in [-0.2, 0) is 14.3 Å². The number of esters is 1. The lowest BCUT2D eigenvalue weighted by Crippen LogP contribution is -2.49. The number of phenols is 1. The Morgan fingerprint density at radius 1 is 1.15 bits per heavy atom. The molecule has 0 aliphatic carbocycles. The van der Waals surface area contributed by atoms with E-state index in [0.717, 1.165) is 0 Å². The van der Waals surface area contributed by atoms with Crippen LogP contribution in [-0.4, -0.2) is 40.3 Å². The lowest BCUT2D eigenvalue weighted by Gasteiger charge is -2.22. The number of nitrogens with one attached hydrogen (secondary N) is 2. The highest BCUT2D eigenvalue weighted by Gasteiger charge is 2.28. The van der Waals surface area contributed by atoms with Gasteiger partial charge < -0.3 is 25.6 Å². The molecule has 2 atom stereocenters. The zero-order valence-electron chi connectivity index (χ0n) is 15.7. The number of carboxylic acid groups (broad SMARTS) is 1. The largest absolute Gasteiger partial charge is 0.507 e. The molecule has 0 heterocycles. The van der Waals surface area contributed by atoms with Crippen LogP contribution in [0.4, 0.5) is 4.79 Å². The average molecular weight is 492 g/mol. The summed E-state index contributed by atoms with van der Waals surface area (Å²) >= 11 is 1.86. The van der Waals surface area contributed by atoms with Crippen molar-refractivity contribution in [3.05, 3.63) is 27.3 Å². The Hall–Kier alpha value is -2.04. The fourth-order valence-corrected chi connectivity index (χ4v) is 2.86. The van der Waals surface area contributed by atoms with Crippen LogP contribution in [0.25, 0.3) is 0 Å². The van der Waals surface area contributed by atoms with Gasteiger partial charge in [0.1, 0.15) is 11.8 Å². The van der Waals surface area contributed by atoms with Crippen LogP contribution in [0.1, 0.15) is 45.7 Å². The maximum absolute atomic E-state index is 12.3. The molecule has 0 saturated heterocycles. The van der Waals surface area contributed by atoms with Gasteiger partial charge in [0.2, 0.25) is 0 Å². The highest BCUT2D eigenvalue weighted by Crippen LogP contribution is 2.24. The van der Waals surface area contributed by atoms with Gasteiger partial charge >= 0.3 is 18.0 Å². The van der Waals surface area contributed by atoms with E-state index < -0.39 is 30.1 Å². The minimum Gasteiger partial charge on any atom is -0.507 e. The minimum absolute atomic E-state index is 0.0152. The molecule has 0 aliphatic rings. The molecule has 9 heteroatoms. The number of urea groups is 1. The smallest absolute Gasteiger partial charge is 0.330 e. The highest BCUT2D eigenvalue weighted by molar-refractivity contribution is 14.1. The first-order chi connectivity index (χ1) is 12.5. The monoisotopic (exact) mass is 492 g/mol. The van der Waals surface area contributed by atoms with E-state index in [4.69, 9.17) is 4.74 Å². The van der Waals surface area contributed by atoms with Gasteiger partial charge in [0.15, 0.2) is 6.04 Å². The van der Waals surface area contributed by atoms with Crippen molar-refractivity contribution in [3.8, 4) is 5.75 Å². The number of phenolic OH excluding ortho intramolecular Hbond substituents is 1. The molecule has 0 spiro atoms. The van der Waals surface area contributed by atoms with E-state index in [2.05, 4.69) is 10.6 Å². The summed E-state index contributed by atoms with van der Waals surface area (Å²) in [4.78, 5) is 36.1. The van der Waals surface area contributed by atoms with Crippen molar-refractivity contribution < 1.29 is 29.3 Å². The standard InChI is InChI=1S/C18H25IN2O6/c1-9(2)7-13(17(25)27-10(3)4)20-18(26)21-15(16(23)24)11-5-6-14(22)12(19)8-11/h5-6,8-10,13,15,22H,7H2,1-4H3,(H,23,24)(H2,20,21,26)/t13-,15?/m0/s1. The number of halogens is 1. The fourth-order valence-electron chi connectivity index (χ4n) is 2.32. The summed E-state index contributed by atoms with van der Waals surface area (Å²) in [5.74, 6) is -1.71. The number of amides is 2. The summed E-state index contributed by atoms with van der Waals surface area (Å²) in [6.07, 6.45) is 0.0243. The molecule has 0 radical (unpaired) electrons. The molecule has 1 aromatic rings. The number of hydrogen-bond donors (Lipinski definition) is 4. The molecule has 4 N–H and O–H groups in total. The van der Waals surface area contributed by atoms with E-state index in [1.807, 2.05) is 36.4 Å². The number of carboxylic acids is 1. The van der Waals surface area contributed by atoms with Crippen LogP contribution in [0.3, 0.4) is 0 Å². The molecular weight excluding hydrogens is 467 g/mol. The van der Waals surface area contributed by atoms with Crippen molar-refractivity contribution >= 4 is 40.6 Å². The Labute approximate surface area is 171 Å². The summed E-state index contributed by atoms with van der Waals surface area (Å²) in [6.45, 7) is 7.20. The van der Waals surface area contributed by atoms with Gasteiger partial charge in [-0.3, -0.25) is 0 Å². The average Bonchev–Trinajstić information content (AvgIpc) is 2.53. The second-order valence-electron chi connectivity index (χ2n) is 6.77. The van der Waals surface area contributed by atoms with Gasteiger partial charge in [-0.15, -0.1) is 0 Å². The van der Waals surface area contributed by atoms with E-state index in [1.54, 1.807) is 13.8 Å². The number of aromatic hydroxyl groups is 1. The number of rotatable bonds is 8. The number of ether oxygens (including phenoxy) is 1. The lowest BCUT2D eigenvalue weighted by atomic mass is 10.0. The molecule has 0 saturated carbocycles. The number of carbonyl (C=O) groups is 3. The Kier molecular flexibility index (Phi) is 8.80. The molecule has 1 rings (SSSR count). The van der Waals surface area contributed by atoms with Crippen molar-refractivity contribution in [2.24, 2.45) is 5.92 Å². The van der Waals surface area contributed by atoms with Crippen LogP contribution in [0, 0.1) is 9.49 Å². The maximum Gasteiger partial charge on any atom is 0.330 e. The lowest BCUT2D eigenvalue weighted by molar-refractivity contribution is -0.150. The van der Waals surface area contributed by atoms with Gasteiger partial charge in [-0.25, -0.2) is 14.4 Å².